The van der Waals surface area contributed by atoms with E-state index in [-0.39, 0.29) is 5.91 Å². The molecule has 1 amide bonds. The number of hydrogen-bond donors (Lipinski definition) is 2. The highest BCUT2D eigenvalue weighted by molar-refractivity contribution is 5.80. The molecule has 1 rings (SSSR count). The fourth-order valence-corrected chi connectivity index (χ4v) is 0.998. The Labute approximate surface area is 83.5 Å². The predicted molar refractivity (Wildman–Crippen MR) is 53.4 cm³/mol. The molecule has 0 saturated carbocycles. The number of amides is 1. The largest absolute Gasteiger partial charge is 0.468 e. The van der Waals surface area contributed by atoms with Crippen LogP contribution in [0.25, 0.3) is 0 Å². The van der Waals surface area contributed by atoms with Crippen molar-refractivity contribution in [2.24, 2.45) is 11.1 Å². The zero-order chi connectivity index (χ0) is 10.6. The van der Waals surface area contributed by atoms with Crippen molar-refractivity contribution < 1.29 is 9.21 Å². The summed E-state index contributed by atoms with van der Waals surface area (Å²) >= 11 is 0. The van der Waals surface area contributed by atoms with Crippen LogP contribution >= 0.6 is 0 Å². The number of carbonyl (C=O) groups excluding carboxylic acids is 1. The van der Waals surface area contributed by atoms with E-state index in [2.05, 4.69) is 5.32 Å². The maximum atomic E-state index is 11.0. The first-order valence-electron chi connectivity index (χ1n) is 4.55. The molecule has 4 heteroatoms. The molecule has 0 spiro atoms. The van der Waals surface area contributed by atoms with Crippen molar-refractivity contribution in [1.82, 2.24) is 5.32 Å². The van der Waals surface area contributed by atoms with E-state index in [1.165, 1.54) is 0 Å². The SMILES string of the molecule is CC(C)(CNCc1ccco1)C(N)=O. The summed E-state index contributed by atoms with van der Waals surface area (Å²) in [6.45, 7) is 4.78. The van der Waals surface area contributed by atoms with Crippen molar-refractivity contribution in [3.63, 3.8) is 0 Å². The van der Waals surface area contributed by atoms with E-state index < -0.39 is 5.41 Å². The number of furan rings is 1. The summed E-state index contributed by atoms with van der Waals surface area (Å²) in [5.74, 6) is 0.551. The normalized spacial score (nSPS) is 11.6. The molecular weight excluding hydrogens is 180 g/mol. The molecule has 0 aliphatic heterocycles. The Hall–Kier alpha value is -1.29. The second-order valence-electron chi connectivity index (χ2n) is 3.93. The zero-order valence-electron chi connectivity index (χ0n) is 8.54. The van der Waals surface area contributed by atoms with E-state index in [0.717, 1.165) is 5.76 Å². The maximum absolute atomic E-state index is 11.0. The Balaban J connectivity index is 2.31. The standard InChI is InChI=1S/C10H16N2O2/c1-10(2,9(11)13)7-12-6-8-4-3-5-14-8/h3-5,12H,6-7H2,1-2H3,(H2,11,13). The molecule has 0 aliphatic carbocycles. The molecule has 0 fully saturated rings. The van der Waals surface area contributed by atoms with Crippen LogP contribution in [0.15, 0.2) is 22.8 Å². The summed E-state index contributed by atoms with van der Waals surface area (Å²) in [7, 11) is 0. The van der Waals surface area contributed by atoms with Gasteiger partial charge < -0.3 is 15.5 Å². The van der Waals surface area contributed by atoms with Crippen LogP contribution in [0.2, 0.25) is 0 Å². The highest BCUT2D eigenvalue weighted by Crippen LogP contribution is 2.12. The lowest BCUT2D eigenvalue weighted by Gasteiger charge is -2.20. The van der Waals surface area contributed by atoms with E-state index in [4.69, 9.17) is 10.2 Å². The van der Waals surface area contributed by atoms with Gasteiger partial charge in [0.25, 0.3) is 0 Å². The van der Waals surface area contributed by atoms with Gasteiger partial charge in [-0.2, -0.15) is 0 Å². The van der Waals surface area contributed by atoms with Crippen LogP contribution in [-0.2, 0) is 11.3 Å². The Morgan fingerprint density at radius 3 is 2.86 bits per heavy atom. The smallest absolute Gasteiger partial charge is 0.224 e. The lowest BCUT2D eigenvalue weighted by Crippen LogP contribution is -2.40. The van der Waals surface area contributed by atoms with Gasteiger partial charge in [-0.05, 0) is 26.0 Å². The van der Waals surface area contributed by atoms with E-state index in [1.54, 1.807) is 6.26 Å². The lowest BCUT2D eigenvalue weighted by atomic mass is 9.93. The molecule has 0 atom stereocenters. The summed E-state index contributed by atoms with van der Waals surface area (Å²) in [6.07, 6.45) is 1.62. The number of hydrogen-bond acceptors (Lipinski definition) is 3. The van der Waals surface area contributed by atoms with Crippen LogP contribution in [-0.4, -0.2) is 12.5 Å². The van der Waals surface area contributed by atoms with E-state index in [1.807, 2.05) is 26.0 Å². The molecule has 14 heavy (non-hydrogen) atoms. The summed E-state index contributed by atoms with van der Waals surface area (Å²) in [6, 6.07) is 3.71. The molecule has 0 radical (unpaired) electrons. The second-order valence-corrected chi connectivity index (χ2v) is 3.93. The number of carbonyl (C=O) groups is 1. The number of nitrogens with one attached hydrogen (secondary N) is 1. The van der Waals surface area contributed by atoms with Crippen molar-refractivity contribution in [3.8, 4) is 0 Å². The third kappa shape index (κ3) is 2.88. The Morgan fingerprint density at radius 2 is 2.36 bits per heavy atom. The first-order valence-corrected chi connectivity index (χ1v) is 4.55. The molecule has 0 unspecified atom stereocenters. The highest BCUT2D eigenvalue weighted by Gasteiger charge is 2.24. The first kappa shape index (κ1) is 10.8. The van der Waals surface area contributed by atoms with Gasteiger partial charge in [0.05, 0.1) is 18.2 Å². The monoisotopic (exact) mass is 196 g/mol. The Morgan fingerprint density at radius 1 is 1.64 bits per heavy atom. The Kier molecular flexibility index (Phi) is 3.30. The van der Waals surface area contributed by atoms with Gasteiger partial charge in [0.15, 0.2) is 0 Å². The van der Waals surface area contributed by atoms with Gasteiger partial charge in [-0.25, -0.2) is 0 Å². The minimum atomic E-state index is -0.521. The van der Waals surface area contributed by atoms with Crippen LogP contribution < -0.4 is 11.1 Å². The fourth-order valence-electron chi connectivity index (χ4n) is 0.998. The van der Waals surface area contributed by atoms with Crippen LogP contribution in [0.4, 0.5) is 0 Å². The summed E-state index contributed by atoms with van der Waals surface area (Å²) < 4.78 is 5.13. The summed E-state index contributed by atoms with van der Waals surface area (Å²) in [5, 5.41) is 3.11. The van der Waals surface area contributed by atoms with Gasteiger partial charge in [-0.15, -0.1) is 0 Å². The molecule has 0 aliphatic rings. The van der Waals surface area contributed by atoms with Gasteiger partial charge >= 0.3 is 0 Å². The van der Waals surface area contributed by atoms with Crippen molar-refractivity contribution in [2.75, 3.05) is 6.54 Å². The zero-order valence-corrected chi connectivity index (χ0v) is 8.54. The molecule has 1 heterocycles. The predicted octanol–water partition coefficient (Wildman–Crippen LogP) is 0.881. The molecule has 0 saturated heterocycles. The molecule has 4 nitrogen and oxygen atoms in total. The van der Waals surface area contributed by atoms with Crippen LogP contribution in [0.3, 0.4) is 0 Å². The molecule has 1 aromatic heterocycles. The summed E-state index contributed by atoms with van der Waals surface area (Å²) in [4.78, 5) is 11.0. The van der Waals surface area contributed by atoms with Gasteiger partial charge in [0.1, 0.15) is 5.76 Å². The van der Waals surface area contributed by atoms with Crippen LogP contribution in [0.1, 0.15) is 19.6 Å². The van der Waals surface area contributed by atoms with Crippen molar-refractivity contribution >= 4 is 5.91 Å². The fraction of sp³-hybridized carbons (Fsp3) is 0.500. The Bertz CT molecular complexity index is 291. The maximum Gasteiger partial charge on any atom is 0.224 e. The number of nitrogens with two attached hydrogens (primary N) is 1. The number of primary amides is 1. The van der Waals surface area contributed by atoms with E-state index in [9.17, 15) is 4.79 Å². The first-order chi connectivity index (χ1) is 6.52. The van der Waals surface area contributed by atoms with Gasteiger partial charge in [-0.3, -0.25) is 4.79 Å². The molecule has 78 valence electrons. The van der Waals surface area contributed by atoms with Crippen LogP contribution in [0.5, 0.6) is 0 Å². The third-order valence-electron chi connectivity index (χ3n) is 2.11. The average Bonchev–Trinajstić information content (AvgIpc) is 2.56. The van der Waals surface area contributed by atoms with Crippen LogP contribution in [0, 0.1) is 5.41 Å². The quantitative estimate of drug-likeness (QED) is 0.734. The van der Waals surface area contributed by atoms with E-state index in [0.29, 0.717) is 13.1 Å². The summed E-state index contributed by atoms with van der Waals surface area (Å²) in [5.41, 5.74) is 4.71. The number of rotatable bonds is 5. The van der Waals surface area contributed by atoms with Crippen molar-refractivity contribution in [1.29, 1.82) is 0 Å². The molecular formula is C10H16N2O2. The highest BCUT2D eigenvalue weighted by atomic mass is 16.3. The average molecular weight is 196 g/mol. The topological polar surface area (TPSA) is 68.3 Å². The lowest BCUT2D eigenvalue weighted by molar-refractivity contribution is -0.125. The van der Waals surface area contributed by atoms with Crippen molar-refractivity contribution in [2.45, 2.75) is 20.4 Å². The third-order valence-corrected chi connectivity index (χ3v) is 2.11. The molecule has 1 aromatic rings. The molecule has 0 bridgehead atoms. The molecule has 3 N–H and O–H groups in total. The second kappa shape index (κ2) is 4.28. The van der Waals surface area contributed by atoms with Gasteiger partial charge in [0.2, 0.25) is 5.91 Å². The van der Waals surface area contributed by atoms with Gasteiger partial charge in [-0.1, -0.05) is 0 Å². The van der Waals surface area contributed by atoms with Crippen molar-refractivity contribution in [3.05, 3.63) is 24.2 Å². The minimum absolute atomic E-state index is 0.301. The van der Waals surface area contributed by atoms with E-state index >= 15 is 0 Å². The van der Waals surface area contributed by atoms with Gasteiger partial charge in [0, 0.05) is 6.54 Å². The molecule has 0 aromatic carbocycles. The minimum Gasteiger partial charge on any atom is -0.468 e.